The molecule has 0 saturated carbocycles. The van der Waals surface area contributed by atoms with Crippen LogP contribution in [0.1, 0.15) is 5.56 Å². The van der Waals surface area contributed by atoms with E-state index in [1.165, 1.54) is 12.1 Å². The maximum Gasteiger partial charge on any atom is 0.245 e. The SMILES string of the molecule is Cl.O=C(Cl)/C=C/c1ccc(-c2ccccc2F)nc1. The molecule has 0 spiro atoms. The molecule has 0 saturated heterocycles. The largest absolute Gasteiger partial charge is 0.276 e. The predicted octanol–water partition coefficient (Wildman–Crippen LogP) is 4.09. The Labute approximate surface area is 121 Å². The molecule has 1 aromatic carbocycles. The van der Waals surface area contributed by atoms with Crippen LogP contribution < -0.4 is 0 Å². The molecule has 0 N–H and O–H groups in total. The maximum absolute atomic E-state index is 13.5. The Morgan fingerprint density at radius 3 is 2.53 bits per heavy atom. The van der Waals surface area contributed by atoms with E-state index in [-0.39, 0.29) is 18.2 Å². The summed E-state index contributed by atoms with van der Waals surface area (Å²) in [5.41, 5.74) is 1.72. The number of hydrogen-bond acceptors (Lipinski definition) is 2. The van der Waals surface area contributed by atoms with Gasteiger partial charge in [0.1, 0.15) is 5.82 Å². The van der Waals surface area contributed by atoms with Gasteiger partial charge in [-0.05, 0) is 47.5 Å². The van der Waals surface area contributed by atoms with Gasteiger partial charge in [-0.15, -0.1) is 12.4 Å². The molecule has 0 aliphatic carbocycles. The van der Waals surface area contributed by atoms with Crippen LogP contribution in [-0.2, 0) is 4.79 Å². The number of allylic oxidation sites excluding steroid dienone is 1. The highest BCUT2D eigenvalue weighted by atomic mass is 35.5. The molecular weight excluding hydrogens is 288 g/mol. The second-order valence-electron chi connectivity index (χ2n) is 3.59. The Bertz CT molecular complexity index is 597. The summed E-state index contributed by atoms with van der Waals surface area (Å²) in [7, 11) is 0. The van der Waals surface area contributed by atoms with Gasteiger partial charge in [0.15, 0.2) is 0 Å². The van der Waals surface area contributed by atoms with Gasteiger partial charge in [0.05, 0.1) is 5.69 Å². The molecule has 0 radical (unpaired) electrons. The van der Waals surface area contributed by atoms with Gasteiger partial charge in [-0.2, -0.15) is 0 Å². The zero-order valence-corrected chi connectivity index (χ0v) is 11.3. The second-order valence-corrected chi connectivity index (χ2v) is 3.97. The molecule has 0 aliphatic heterocycles. The zero-order chi connectivity index (χ0) is 13.0. The van der Waals surface area contributed by atoms with E-state index in [1.807, 2.05) is 0 Å². The highest BCUT2D eigenvalue weighted by Crippen LogP contribution is 2.20. The smallest absolute Gasteiger partial charge is 0.245 e. The first-order valence-corrected chi connectivity index (χ1v) is 5.63. The highest BCUT2D eigenvalue weighted by Gasteiger charge is 2.04. The van der Waals surface area contributed by atoms with E-state index < -0.39 is 5.24 Å². The van der Waals surface area contributed by atoms with Gasteiger partial charge in [0.25, 0.3) is 0 Å². The first kappa shape index (κ1) is 15.3. The van der Waals surface area contributed by atoms with Crippen LogP contribution in [0.15, 0.2) is 48.7 Å². The number of carbonyl (C=O) groups is 1. The lowest BCUT2D eigenvalue weighted by atomic mass is 10.1. The van der Waals surface area contributed by atoms with Gasteiger partial charge in [-0.3, -0.25) is 9.78 Å². The number of carbonyl (C=O) groups excluding carboxylic acids is 1. The number of halogens is 3. The minimum absolute atomic E-state index is 0. The molecule has 1 aromatic heterocycles. The predicted molar refractivity (Wildman–Crippen MR) is 76.8 cm³/mol. The van der Waals surface area contributed by atoms with E-state index >= 15 is 0 Å². The Hall–Kier alpha value is -1.71. The Balaban J connectivity index is 0.00000180. The Morgan fingerprint density at radius 2 is 1.95 bits per heavy atom. The molecule has 1 heterocycles. The van der Waals surface area contributed by atoms with Crippen molar-refractivity contribution in [3.63, 3.8) is 0 Å². The Morgan fingerprint density at radius 1 is 1.21 bits per heavy atom. The third-order valence-electron chi connectivity index (χ3n) is 2.34. The van der Waals surface area contributed by atoms with Crippen LogP contribution in [0.2, 0.25) is 0 Å². The fourth-order valence-electron chi connectivity index (χ4n) is 1.49. The van der Waals surface area contributed by atoms with Crippen molar-refractivity contribution in [3.05, 3.63) is 60.1 Å². The molecule has 19 heavy (non-hydrogen) atoms. The van der Waals surface area contributed by atoms with Crippen LogP contribution in [0, 0.1) is 5.82 Å². The van der Waals surface area contributed by atoms with Crippen molar-refractivity contribution in [1.29, 1.82) is 0 Å². The molecule has 0 unspecified atom stereocenters. The zero-order valence-electron chi connectivity index (χ0n) is 9.72. The minimum Gasteiger partial charge on any atom is -0.276 e. The summed E-state index contributed by atoms with van der Waals surface area (Å²) in [4.78, 5) is 14.7. The maximum atomic E-state index is 13.5. The van der Waals surface area contributed by atoms with Crippen molar-refractivity contribution >= 4 is 35.3 Å². The number of aromatic nitrogens is 1. The number of rotatable bonds is 3. The van der Waals surface area contributed by atoms with Gasteiger partial charge in [-0.1, -0.05) is 18.2 Å². The van der Waals surface area contributed by atoms with Gasteiger partial charge in [-0.25, -0.2) is 4.39 Å². The summed E-state index contributed by atoms with van der Waals surface area (Å²) >= 11 is 5.18. The third-order valence-corrected chi connectivity index (χ3v) is 2.47. The van der Waals surface area contributed by atoms with Crippen LogP contribution in [-0.4, -0.2) is 10.2 Å². The van der Waals surface area contributed by atoms with Gasteiger partial charge >= 0.3 is 0 Å². The monoisotopic (exact) mass is 297 g/mol. The lowest BCUT2D eigenvalue weighted by molar-refractivity contribution is -0.107. The van der Waals surface area contributed by atoms with E-state index in [0.29, 0.717) is 11.3 Å². The van der Waals surface area contributed by atoms with E-state index in [9.17, 15) is 9.18 Å². The average Bonchev–Trinajstić information content (AvgIpc) is 2.38. The van der Waals surface area contributed by atoms with Gasteiger partial charge < -0.3 is 0 Å². The number of hydrogen-bond donors (Lipinski definition) is 0. The fraction of sp³-hybridized carbons (Fsp3) is 0. The molecule has 0 amide bonds. The third kappa shape index (κ3) is 4.16. The van der Waals surface area contributed by atoms with Crippen molar-refractivity contribution < 1.29 is 9.18 Å². The number of pyridine rings is 1. The average molecular weight is 298 g/mol. The molecule has 98 valence electrons. The fourth-order valence-corrected chi connectivity index (χ4v) is 1.56. The van der Waals surface area contributed by atoms with Crippen molar-refractivity contribution in [2.75, 3.05) is 0 Å². The molecule has 2 rings (SSSR count). The van der Waals surface area contributed by atoms with Gasteiger partial charge in [0.2, 0.25) is 5.24 Å². The van der Waals surface area contributed by atoms with Gasteiger partial charge in [0, 0.05) is 11.8 Å². The van der Waals surface area contributed by atoms with E-state index in [2.05, 4.69) is 4.98 Å². The van der Waals surface area contributed by atoms with Crippen LogP contribution >= 0.6 is 24.0 Å². The lowest BCUT2D eigenvalue weighted by Crippen LogP contribution is -1.87. The normalized spacial score (nSPS) is 10.2. The minimum atomic E-state index is -0.548. The van der Waals surface area contributed by atoms with Crippen molar-refractivity contribution in [2.45, 2.75) is 0 Å². The summed E-state index contributed by atoms with van der Waals surface area (Å²) in [6.45, 7) is 0. The Kier molecular flexibility index (Phi) is 5.67. The van der Waals surface area contributed by atoms with Crippen LogP contribution in [0.25, 0.3) is 17.3 Å². The topological polar surface area (TPSA) is 30.0 Å². The molecular formula is C14H10Cl2FNO. The van der Waals surface area contributed by atoms with Crippen LogP contribution in [0.3, 0.4) is 0 Å². The molecule has 2 nitrogen and oxygen atoms in total. The van der Waals surface area contributed by atoms with E-state index in [0.717, 1.165) is 5.56 Å². The summed E-state index contributed by atoms with van der Waals surface area (Å²) in [5.74, 6) is -0.316. The molecule has 0 aliphatic rings. The summed E-state index contributed by atoms with van der Waals surface area (Å²) in [5, 5.41) is -0.548. The molecule has 2 aromatic rings. The summed E-state index contributed by atoms with van der Waals surface area (Å²) in [6, 6.07) is 9.86. The molecule has 0 fully saturated rings. The molecule has 0 atom stereocenters. The number of benzene rings is 1. The molecule has 0 bridgehead atoms. The van der Waals surface area contributed by atoms with Crippen molar-refractivity contribution in [1.82, 2.24) is 4.98 Å². The quantitative estimate of drug-likeness (QED) is 0.631. The van der Waals surface area contributed by atoms with Crippen molar-refractivity contribution in [3.8, 4) is 11.3 Å². The van der Waals surface area contributed by atoms with E-state index in [4.69, 9.17) is 11.6 Å². The lowest BCUT2D eigenvalue weighted by Gasteiger charge is -2.02. The van der Waals surface area contributed by atoms with E-state index in [1.54, 1.807) is 42.6 Å². The first-order valence-electron chi connectivity index (χ1n) is 5.25. The summed E-state index contributed by atoms with van der Waals surface area (Å²) in [6.07, 6.45) is 4.34. The number of nitrogens with zero attached hydrogens (tertiary/aromatic N) is 1. The highest BCUT2D eigenvalue weighted by molar-refractivity contribution is 6.66. The second kappa shape index (κ2) is 7.02. The molecule has 5 heteroatoms. The van der Waals surface area contributed by atoms with Crippen molar-refractivity contribution in [2.24, 2.45) is 0 Å². The van der Waals surface area contributed by atoms with Crippen LogP contribution in [0.4, 0.5) is 4.39 Å². The summed E-state index contributed by atoms with van der Waals surface area (Å²) < 4.78 is 13.5. The first-order chi connectivity index (χ1) is 8.66. The standard InChI is InChI=1S/C14H9ClFNO.ClH/c15-14(18)8-6-10-5-7-13(17-9-10)11-3-1-2-4-12(11)16;/h1-9H;1H/b8-6+;. The van der Waals surface area contributed by atoms with Crippen LogP contribution in [0.5, 0.6) is 0 Å².